The van der Waals surface area contributed by atoms with E-state index in [-0.39, 0.29) is 17.5 Å². The maximum absolute atomic E-state index is 12.3. The number of hydrogen-bond donors (Lipinski definition) is 0. The lowest BCUT2D eigenvalue weighted by molar-refractivity contribution is 0.101. The maximum atomic E-state index is 12.3. The Morgan fingerprint density at radius 2 is 2.05 bits per heavy atom. The first kappa shape index (κ1) is 14.1. The Bertz CT molecular complexity index is 605. The zero-order valence-corrected chi connectivity index (χ0v) is 12.3. The first-order chi connectivity index (χ1) is 8.81. The van der Waals surface area contributed by atoms with Crippen LogP contribution in [0.25, 0.3) is 0 Å². The predicted octanol–water partition coefficient (Wildman–Crippen LogP) is 2.24. The van der Waals surface area contributed by atoms with E-state index in [0.717, 1.165) is 11.3 Å². The lowest BCUT2D eigenvalue weighted by atomic mass is 10.1. The van der Waals surface area contributed by atoms with Crippen LogP contribution in [-0.2, 0) is 16.4 Å². The largest absolute Gasteiger partial charge is 0.295 e. The van der Waals surface area contributed by atoms with Gasteiger partial charge in [0, 0.05) is 12.1 Å². The summed E-state index contributed by atoms with van der Waals surface area (Å²) in [6.07, 6.45) is 0.674. The van der Waals surface area contributed by atoms with Crippen molar-refractivity contribution in [1.82, 2.24) is 0 Å². The van der Waals surface area contributed by atoms with E-state index in [0.29, 0.717) is 18.5 Å². The van der Waals surface area contributed by atoms with Crippen molar-refractivity contribution in [2.75, 3.05) is 16.6 Å². The van der Waals surface area contributed by atoms with Gasteiger partial charge in [0.25, 0.3) is 0 Å². The number of rotatable bonds is 4. The van der Waals surface area contributed by atoms with E-state index >= 15 is 0 Å². The zero-order valence-electron chi connectivity index (χ0n) is 11.5. The normalized spacial score (nSPS) is 14.8. The van der Waals surface area contributed by atoms with E-state index in [4.69, 9.17) is 0 Å². The van der Waals surface area contributed by atoms with Crippen molar-refractivity contribution in [1.29, 1.82) is 0 Å². The number of sulfonamides is 1. The van der Waals surface area contributed by atoms with Crippen molar-refractivity contribution in [2.24, 2.45) is 5.92 Å². The highest BCUT2D eigenvalue weighted by Gasteiger charge is 2.30. The molecule has 0 radical (unpaired) electrons. The summed E-state index contributed by atoms with van der Waals surface area (Å²) in [5.41, 5.74) is 2.31. The molecule has 0 aromatic heterocycles. The highest BCUT2D eigenvalue weighted by molar-refractivity contribution is 7.92. The van der Waals surface area contributed by atoms with E-state index in [1.54, 1.807) is 12.1 Å². The Labute approximate surface area is 114 Å². The molecule has 19 heavy (non-hydrogen) atoms. The van der Waals surface area contributed by atoms with Gasteiger partial charge in [0.1, 0.15) is 0 Å². The first-order valence-electron chi connectivity index (χ1n) is 6.45. The molecule has 0 bridgehead atoms. The molecule has 0 amide bonds. The number of nitrogens with zero attached hydrogens (tertiary/aromatic N) is 1. The number of fused-ring (bicyclic) bond motifs is 1. The summed E-state index contributed by atoms with van der Waals surface area (Å²) < 4.78 is 26.0. The van der Waals surface area contributed by atoms with E-state index < -0.39 is 10.0 Å². The second-order valence-electron chi connectivity index (χ2n) is 5.39. The van der Waals surface area contributed by atoms with Gasteiger partial charge in [-0.05, 0) is 43.0 Å². The molecule has 104 valence electrons. The number of benzene rings is 1. The predicted molar refractivity (Wildman–Crippen MR) is 76.1 cm³/mol. The quantitative estimate of drug-likeness (QED) is 0.795. The Kier molecular flexibility index (Phi) is 3.67. The number of hydrogen-bond acceptors (Lipinski definition) is 3. The lowest BCUT2D eigenvalue weighted by Crippen LogP contribution is -2.32. The average Bonchev–Trinajstić information content (AvgIpc) is 2.70. The third kappa shape index (κ3) is 2.81. The van der Waals surface area contributed by atoms with Crippen LogP contribution in [0.5, 0.6) is 0 Å². The van der Waals surface area contributed by atoms with Gasteiger partial charge in [0.2, 0.25) is 10.0 Å². The monoisotopic (exact) mass is 281 g/mol. The van der Waals surface area contributed by atoms with Gasteiger partial charge in [-0.25, -0.2) is 8.42 Å². The van der Waals surface area contributed by atoms with Crippen LogP contribution < -0.4 is 4.31 Å². The summed E-state index contributed by atoms with van der Waals surface area (Å²) in [4.78, 5) is 11.3. The summed E-state index contributed by atoms with van der Waals surface area (Å²) in [5.74, 6) is 0.262. The first-order valence-corrected chi connectivity index (χ1v) is 8.06. The Morgan fingerprint density at radius 1 is 1.37 bits per heavy atom. The third-order valence-electron chi connectivity index (χ3n) is 3.22. The fourth-order valence-electron chi connectivity index (χ4n) is 2.39. The molecule has 0 spiro atoms. The summed E-state index contributed by atoms with van der Waals surface area (Å²) in [5, 5.41) is 0. The second kappa shape index (κ2) is 4.96. The molecule has 0 aliphatic carbocycles. The van der Waals surface area contributed by atoms with Crippen molar-refractivity contribution in [3.63, 3.8) is 0 Å². The van der Waals surface area contributed by atoms with E-state index in [1.807, 2.05) is 19.9 Å². The molecule has 0 saturated carbocycles. The molecule has 5 heteroatoms. The van der Waals surface area contributed by atoms with Gasteiger partial charge < -0.3 is 0 Å². The van der Waals surface area contributed by atoms with E-state index in [1.165, 1.54) is 11.2 Å². The maximum Gasteiger partial charge on any atom is 0.235 e. The SMILES string of the molecule is CC(=O)c1ccc2c(c1)CCN2S(=O)(=O)CC(C)C. The van der Waals surface area contributed by atoms with Gasteiger partial charge in [-0.15, -0.1) is 0 Å². The van der Waals surface area contributed by atoms with Crippen molar-refractivity contribution in [2.45, 2.75) is 27.2 Å². The van der Waals surface area contributed by atoms with Crippen molar-refractivity contribution in [3.8, 4) is 0 Å². The van der Waals surface area contributed by atoms with Gasteiger partial charge in [-0.1, -0.05) is 13.8 Å². The van der Waals surface area contributed by atoms with Crippen molar-refractivity contribution >= 4 is 21.5 Å². The molecule has 1 aromatic carbocycles. The topological polar surface area (TPSA) is 54.5 Å². The highest BCUT2D eigenvalue weighted by atomic mass is 32.2. The highest BCUT2D eigenvalue weighted by Crippen LogP contribution is 2.31. The summed E-state index contributed by atoms with van der Waals surface area (Å²) in [6, 6.07) is 5.25. The fourth-order valence-corrected chi connectivity index (χ4v) is 4.26. The number of carbonyl (C=O) groups excluding carboxylic acids is 1. The van der Waals surface area contributed by atoms with Gasteiger partial charge in [-0.2, -0.15) is 0 Å². The molecule has 1 heterocycles. The van der Waals surface area contributed by atoms with Crippen molar-refractivity contribution in [3.05, 3.63) is 29.3 Å². The molecule has 1 aliphatic heterocycles. The molecule has 1 aliphatic rings. The van der Waals surface area contributed by atoms with Crippen LogP contribution in [-0.4, -0.2) is 26.5 Å². The average molecular weight is 281 g/mol. The van der Waals surface area contributed by atoms with E-state index in [9.17, 15) is 13.2 Å². The minimum atomic E-state index is -3.26. The van der Waals surface area contributed by atoms with Crippen LogP contribution in [0.2, 0.25) is 0 Å². The fraction of sp³-hybridized carbons (Fsp3) is 0.500. The lowest BCUT2D eigenvalue weighted by Gasteiger charge is -2.20. The number of carbonyl (C=O) groups is 1. The van der Waals surface area contributed by atoms with Crippen LogP contribution >= 0.6 is 0 Å². The molecule has 0 fully saturated rings. The van der Waals surface area contributed by atoms with Crippen LogP contribution in [0.3, 0.4) is 0 Å². The smallest absolute Gasteiger partial charge is 0.235 e. The minimum absolute atomic E-state index is 0.00582. The molecule has 0 unspecified atom stereocenters. The molecule has 0 N–H and O–H groups in total. The molecular formula is C14H19NO3S. The van der Waals surface area contributed by atoms with Gasteiger partial charge in [0.05, 0.1) is 11.4 Å². The van der Waals surface area contributed by atoms with Gasteiger partial charge in [-0.3, -0.25) is 9.10 Å². The summed E-state index contributed by atoms with van der Waals surface area (Å²) in [7, 11) is -3.26. The van der Waals surface area contributed by atoms with Crippen LogP contribution in [0.1, 0.15) is 36.7 Å². The van der Waals surface area contributed by atoms with Crippen LogP contribution in [0.15, 0.2) is 18.2 Å². The van der Waals surface area contributed by atoms with Crippen LogP contribution in [0, 0.1) is 5.92 Å². The number of anilines is 1. The molecule has 0 atom stereocenters. The second-order valence-corrected chi connectivity index (χ2v) is 7.33. The minimum Gasteiger partial charge on any atom is -0.295 e. The zero-order chi connectivity index (χ0) is 14.2. The van der Waals surface area contributed by atoms with Crippen molar-refractivity contribution < 1.29 is 13.2 Å². The third-order valence-corrected chi connectivity index (χ3v) is 5.36. The summed E-state index contributed by atoms with van der Waals surface area (Å²) in [6.45, 7) is 5.79. The molecular weight excluding hydrogens is 262 g/mol. The molecule has 1 aromatic rings. The van der Waals surface area contributed by atoms with Gasteiger partial charge >= 0.3 is 0 Å². The molecule has 2 rings (SSSR count). The summed E-state index contributed by atoms with van der Waals surface area (Å²) >= 11 is 0. The molecule has 0 saturated heterocycles. The Morgan fingerprint density at radius 3 is 2.63 bits per heavy atom. The van der Waals surface area contributed by atoms with Gasteiger partial charge in [0.15, 0.2) is 5.78 Å². The Balaban J connectivity index is 2.35. The molecule has 4 nitrogen and oxygen atoms in total. The van der Waals surface area contributed by atoms with E-state index in [2.05, 4.69) is 0 Å². The Hall–Kier alpha value is -1.36. The standard InChI is InChI=1S/C14H19NO3S/c1-10(2)9-19(17,18)15-7-6-13-8-12(11(3)16)4-5-14(13)15/h4-5,8,10H,6-7,9H2,1-3H3. The number of ketones is 1. The van der Waals surface area contributed by atoms with Crippen LogP contribution in [0.4, 0.5) is 5.69 Å². The number of Topliss-reactive ketones (excluding diaryl/α,β-unsaturated/α-hetero) is 1.